The van der Waals surface area contributed by atoms with Crippen molar-refractivity contribution in [3.8, 4) is 5.69 Å². The molecule has 8 heteroatoms. The number of ether oxygens (including phenoxy) is 1. The minimum absolute atomic E-state index is 0.000727. The Bertz CT molecular complexity index is 728. The molecule has 0 saturated carbocycles. The van der Waals surface area contributed by atoms with E-state index in [-0.39, 0.29) is 5.91 Å². The Balaban J connectivity index is 1.91. The molecule has 0 atom stereocenters. The summed E-state index contributed by atoms with van der Waals surface area (Å²) in [6.07, 6.45) is 0. The van der Waals surface area contributed by atoms with Crippen molar-refractivity contribution in [3.63, 3.8) is 0 Å². The number of nitrogens with zero attached hydrogens (tertiary/aromatic N) is 4. The number of anilines is 1. The number of aromatic nitrogens is 3. The van der Waals surface area contributed by atoms with Gasteiger partial charge in [0, 0.05) is 19.6 Å². The number of carbonyl (C=O) groups is 1. The second-order valence-electron chi connectivity index (χ2n) is 5.80. The normalized spacial score (nSPS) is 14.6. The summed E-state index contributed by atoms with van der Waals surface area (Å²) in [6, 6.07) is 8.22. The van der Waals surface area contributed by atoms with Gasteiger partial charge in [-0.15, -0.1) is 10.2 Å². The molecule has 1 aliphatic rings. The molecule has 0 spiro atoms. The average Bonchev–Trinajstić information content (AvgIpc) is 3.05. The fourth-order valence-electron chi connectivity index (χ4n) is 2.70. The molecule has 0 radical (unpaired) electrons. The van der Waals surface area contributed by atoms with Crippen LogP contribution in [0.4, 0.5) is 5.95 Å². The Morgan fingerprint density at radius 2 is 2.12 bits per heavy atom. The molecule has 1 amide bonds. The maximum atomic E-state index is 11.8. The van der Waals surface area contributed by atoms with E-state index in [1.807, 2.05) is 23.6 Å². The number of rotatable bonds is 6. The number of amides is 1. The lowest BCUT2D eigenvalue weighted by atomic mass is 10.2. The highest BCUT2D eigenvalue weighted by atomic mass is 32.2. The van der Waals surface area contributed by atoms with Crippen molar-refractivity contribution >= 4 is 23.6 Å². The Hall–Kier alpha value is -2.06. The smallest absolute Gasteiger partial charge is 0.232 e. The first-order valence-corrected chi connectivity index (χ1v) is 9.42. The minimum atomic E-state index is -0.000727. The van der Waals surface area contributed by atoms with Crippen LogP contribution in [0.25, 0.3) is 5.69 Å². The van der Waals surface area contributed by atoms with E-state index < -0.39 is 0 Å². The van der Waals surface area contributed by atoms with Crippen LogP contribution in [0.15, 0.2) is 29.4 Å². The zero-order chi connectivity index (χ0) is 17.6. The molecule has 7 nitrogen and oxygen atoms in total. The van der Waals surface area contributed by atoms with Crippen molar-refractivity contribution in [2.75, 3.05) is 43.5 Å². The van der Waals surface area contributed by atoms with Gasteiger partial charge in [-0.2, -0.15) is 0 Å². The summed E-state index contributed by atoms with van der Waals surface area (Å²) in [6.45, 7) is 7.53. The highest BCUT2D eigenvalue weighted by molar-refractivity contribution is 7.99. The van der Waals surface area contributed by atoms with Crippen LogP contribution in [0.3, 0.4) is 0 Å². The predicted molar refractivity (Wildman–Crippen MR) is 98.5 cm³/mol. The van der Waals surface area contributed by atoms with Crippen LogP contribution in [0.1, 0.15) is 12.5 Å². The second kappa shape index (κ2) is 8.35. The number of carbonyl (C=O) groups excluding carboxylic acids is 1. The molecule has 1 N–H and O–H groups in total. The summed E-state index contributed by atoms with van der Waals surface area (Å²) in [4.78, 5) is 14.0. The van der Waals surface area contributed by atoms with Crippen LogP contribution in [-0.4, -0.2) is 59.3 Å². The third-order valence-electron chi connectivity index (χ3n) is 3.88. The molecular formula is C17H23N5O2S. The molecule has 2 aromatic rings. The summed E-state index contributed by atoms with van der Waals surface area (Å²) in [7, 11) is 0. The Morgan fingerprint density at radius 1 is 1.32 bits per heavy atom. The zero-order valence-electron chi connectivity index (χ0n) is 14.6. The van der Waals surface area contributed by atoms with E-state index in [0.29, 0.717) is 25.5 Å². The van der Waals surface area contributed by atoms with Gasteiger partial charge in [-0.05, 0) is 31.5 Å². The fourth-order valence-corrected chi connectivity index (χ4v) is 3.47. The number of morpholine rings is 1. The lowest BCUT2D eigenvalue weighted by molar-refractivity contribution is -0.118. The first kappa shape index (κ1) is 17.8. The molecule has 2 heterocycles. The minimum Gasteiger partial charge on any atom is -0.378 e. The number of thioether (sulfide) groups is 1. The predicted octanol–water partition coefficient (Wildman–Crippen LogP) is 1.64. The topological polar surface area (TPSA) is 72.3 Å². The maximum Gasteiger partial charge on any atom is 0.232 e. The molecule has 134 valence electrons. The van der Waals surface area contributed by atoms with Crippen LogP contribution in [0.5, 0.6) is 0 Å². The third-order valence-corrected chi connectivity index (χ3v) is 4.81. The first-order valence-electron chi connectivity index (χ1n) is 8.43. The van der Waals surface area contributed by atoms with Crippen LogP contribution >= 0.6 is 11.8 Å². The van der Waals surface area contributed by atoms with Crippen molar-refractivity contribution in [2.24, 2.45) is 0 Å². The van der Waals surface area contributed by atoms with Crippen molar-refractivity contribution < 1.29 is 9.53 Å². The summed E-state index contributed by atoms with van der Waals surface area (Å²) in [5.41, 5.74) is 2.17. The van der Waals surface area contributed by atoms with Gasteiger partial charge in [-0.3, -0.25) is 9.36 Å². The Morgan fingerprint density at radius 3 is 2.84 bits per heavy atom. The fraction of sp³-hybridized carbons (Fsp3) is 0.471. The zero-order valence-corrected chi connectivity index (χ0v) is 15.4. The van der Waals surface area contributed by atoms with Gasteiger partial charge in [0.2, 0.25) is 11.9 Å². The monoisotopic (exact) mass is 361 g/mol. The number of aryl methyl sites for hydroxylation is 1. The van der Waals surface area contributed by atoms with Gasteiger partial charge in [0.05, 0.1) is 24.7 Å². The quantitative estimate of drug-likeness (QED) is 0.789. The van der Waals surface area contributed by atoms with Crippen LogP contribution < -0.4 is 10.2 Å². The molecule has 25 heavy (non-hydrogen) atoms. The van der Waals surface area contributed by atoms with Crippen molar-refractivity contribution in [1.82, 2.24) is 20.1 Å². The Labute approximate surface area is 151 Å². The Kier molecular flexibility index (Phi) is 5.93. The van der Waals surface area contributed by atoms with Crippen molar-refractivity contribution in [1.29, 1.82) is 0 Å². The number of nitrogens with one attached hydrogen (secondary N) is 1. The third kappa shape index (κ3) is 4.32. The number of hydrogen-bond donors (Lipinski definition) is 1. The average molecular weight is 361 g/mol. The van der Waals surface area contributed by atoms with Gasteiger partial charge >= 0.3 is 0 Å². The molecular weight excluding hydrogens is 338 g/mol. The molecule has 1 aliphatic heterocycles. The lowest BCUT2D eigenvalue weighted by Gasteiger charge is -2.28. The molecule has 1 aromatic heterocycles. The SMILES string of the molecule is CCNC(=O)CSc1nnc(N2CCOCC2)n1-c1cccc(C)c1. The molecule has 0 unspecified atom stereocenters. The molecule has 0 aliphatic carbocycles. The highest BCUT2D eigenvalue weighted by Crippen LogP contribution is 2.27. The van der Waals surface area contributed by atoms with Crippen molar-refractivity contribution in [2.45, 2.75) is 19.0 Å². The number of benzene rings is 1. The summed E-state index contributed by atoms with van der Waals surface area (Å²) in [5, 5.41) is 12.3. The van der Waals surface area contributed by atoms with E-state index in [9.17, 15) is 4.79 Å². The summed E-state index contributed by atoms with van der Waals surface area (Å²) < 4.78 is 7.47. The molecule has 1 saturated heterocycles. The van der Waals surface area contributed by atoms with Gasteiger partial charge in [0.15, 0.2) is 5.16 Å². The highest BCUT2D eigenvalue weighted by Gasteiger charge is 2.22. The van der Waals surface area contributed by atoms with E-state index in [1.54, 1.807) is 0 Å². The lowest BCUT2D eigenvalue weighted by Crippen LogP contribution is -2.37. The van der Waals surface area contributed by atoms with Gasteiger partial charge in [0.1, 0.15) is 0 Å². The summed E-state index contributed by atoms with van der Waals surface area (Å²) in [5.74, 6) is 1.12. The van der Waals surface area contributed by atoms with E-state index in [2.05, 4.69) is 39.5 Å². The summed E-state index contributed by atoms with van der Waals surface area (Å²) >= 11 is 1.40. The van der Waals surface area contributed by atoms with Crippen LogP contribution in [0, 0.1) is 6.92 Å². The standard InChI is InChI=1S/C17H23N5O2S/c1-3-18-15(23)12-25-17-20-19-16(21-7-9-24-10-8-21)22(17)14-6-4-5-13(2)11-14/h4-6,11H,3,7-10,12H2,1-2H3,(H,18,23). The second-order valence-corrected chi connectivity index (χ2v) is 6.74. The van der Waals surface area contributed by atoms with Gasteiger partial charge in [-0.1, -0.05) is 23.9 Å². The molecule has 3 rings (SSSR count). The van der Waals surface area contributed by atoms with Crippen LogP contribution in [-0.2, 0) is 9.53 Å². The maximum absolute atomic E-state index is 11.8. The van der Waals surface area contributed by atoms with Gasteiger partial charge in [-0.25, -0.2) is 0 Å². The van der Waals surface area contributed by atoms with Gasteiger partial charge in [0.25, 0.3) is 0 Å². The first-order chi connectivity index (χ1) is 12.2. The largest absolute Gasteiger partial charge is 0.378 e. The number of hydrogen-bond acceptors (Lipinski definition) is 6. The molecule has 1 fully saturated rings. The van der Waals surface area contributed by atoms with Gasteiger partial charge < -0.3 is 15.0 Å². The van der Waals surface area contributed by atoms with E-state index in [1.165, 1.54) is 17.3 Å². The van der Waals surface area contributed by atoms with Crippen molar-refractivity contribution in [3.05, 3.63) is 29.8 Å². The van der Waals surface area contributed by atoms with Crippen LogP contribution in [0.2, 0.25) is 0 Å². The molecule has 1 aromatic carbocycles. The molecule has 0 bridgehead atoms. The van der Waals surface area contributed by atoms with E-state index in [0.717, 1.165) is 29.9 Å². The van der Waals surface area contributed by atoms with E-state index >= 15 is 0 Å². The van der Waals surface area contributed by atoms with E-state index in [4.69, 9.17) is 4.74 Å².